The molecule has 4 aromatic heterocycles. The van der Waals surface area contributed by atoms with Crippen LogP contribution >= 0.6 is 0 Å². The van der Waals surface area contributed by atoms with Gasteiger partial charge in [-0.25, -0.2) is 4.98 Å². The molecule has 8 heteroatoms. The van der Waals surface area contributed by atoms with E-state index in [0.29, 0.717) is 50.2 Å². The molecule has 0 bridgehead atoms. The number of fused-ring (bicyclic) bond motifs is 3. The number of benzene rings is 5. The summed E-state index contributed by atoms with van der Waals surface area (Å²) < 4.78 is 87.6. The van der Waals surface area contributed by atoms with Gasteiger partial charge < -0.3 is 14.4 Å². The molecule has 9 aromatic rings. The number of rotatable bonds is 10. The van der Waals surface area contributed by atoms with E-state index in [9.17, 15) is 4.39 Å². The quantitative estimate of drug-likeness (QED) is 0.101. The van der Waals surface area contributed by atoms with Gasteiger partial charge in [-0.3, -0.25) is 4.39 Å². The maximum Gasteiger partial charge on any atom is 0.216 e. The normalized spacial score (nSPS) is 14.3. The number of hydrogen-bond acceptors (Lipinski definition) is 4. The Morgan fingerprint density at radius 3 is 1.99 bits per heavy atom. The zero-order chi connectivity index (χ0) is 57.9. The van der Waals surface area contributed by atoms with Crippen molar-refractivity contribution < 1.29 is 39.9 Å². The average Bonchev–Trinajstić information content (AvgIpc) is 3.81. The summed E-state index contributed by atoms with van der Waals surface area (Å²) in [6.07, 6.45) is 1.73. The molecule has 0 unspecified atom stereocenters. The first-order chi connectivity index (χ1) is 36.7. The van der Waals surface area contributed by atoms with Crippen LogP contribution in [0.2, 0.25) is 39.3 Å². The average molecular weight is 1170 g/mol. The van der Waals surface area contributed by atoms with Gasteiger partial charge in [-0.2, -0.15) is 0 Å². The number of halogens is 1. The van der Waals surface area contributed by atoms with Gasteiger partial charge in [0.05, 0.1) is 21.7 Å². The van der Waals surface area contributed by atoms with Crippen LogP contribution in [0.25, 0.3) is 78.0 Å². The van der Waals surface area contributed by atoms with Crippen LogP contribution < -0.4 is 10.4 Å². The van der Waals surface area contributed by atoms with Crippen molar-refractivity contribution in [3.63, 3.8) is 0 Å². The van der Waals surface area contributed by atoms with Gasteiger partial charge in [-0.1, -0.05) is 194 Å². The topological polar surface area (TPSA) is 51.8 Å². The van der Waals surface area contributed by atoms with Crippen LogP contribution in [0.1, 0.15) is 99.2 Å². The maximum absolute atomic E-state index is 14.9. The SMILES string of the molecule is [2H]C([2H])([2H])c1ccc2c(n1)oc1c(-c3cc(-c4c(C(C)C)cc(-c5ccccc5)cc4C(C)C)c(C([2H])([2H])[2H])cn3)[c-]ccc12.[2H]C([2H])(c1cc(-c2[c-]cc(F)c(-c3ccc([Si](C)(C)C)cc3)c2)ncc1[Si](C)(C)C)C(C)(C)C.[Ir]. The minimum Gasteiger partial charge on any atom is -0.486 e. The summed E-state index contributed by atoms with van der Waals surface area (Å²) in [5, 5.41) is 3.76. The Bertz CT molecular complexity index is 3680. The second kappa shape index (κ2) is 21.4. The van der Waals surface area contributed by atoms with Crippen molar-refractivity contribution in [1.29, 1.82) is 0 Å². The molecule has 0 aliphatic carbocycles. The van der Waals surface area contributed by atoms with E-state index in [1.165, 1.54) is 23.5 Å². The molecule has 1 radical (unpaired) electrons. The molecular weight excluding hydrogens is 1090 g/mol. The third-order valence-corrected chi connectivity index (χ3v) is 16.8. The standard InChI is InChI=1S/C36H33N2O.C28H37FNSi2.Ir/c1-21(2)30-17-26(25-11-8-7-9-12-25)18-31(22(3)4)34(30)32-19-33(37-20-23(32)5)29-14-10-13-27-28-16-15-24(6)38-36(28)39-35(27)29;1-28(2,3)18-22-17-26(30-19-27(22)32(7,8)9)21-12-15-25(29)24(16-21)20-10-13-23(14-11-20)31(4,5)6;/h7-13,15-22H,1-6H3;10-11,13-17,19H,18H2,1-9H3;/q2*-1;/i5D3,6D3;18D2;. The third kappa shape index (κ3) is 11.9. The molecule has 4 nitrogen and oxygen atoms in total. The minimum absolute atomic E-state index is 0. The second-order valence-electron chi connectivity index (χ2n) is 22.2. The van der Waals surface area contributed by atoms with Gasteiger partial charge >= 0.3 is 0 Å². The van der Waals surface area contributed by atoms with Crippen molar-refractivity contribution >= 4 is 48.6 Å². The number of hydrogen-bond donors (Lipinski definition) is 0. The molecule has 0 saturated carbocycles. The fraction of sp³-hybridized carbons (Fsp3) is 0.297. The maximum atomic E-state index is 14.9. The Morgan fingerprint density at radius 1 is 0.694 bits per heavy atom. The first-order valence-electron chi connectivity index (χ1n) is 28.5. The predicted molar refractivity (Wildman–Crippen MR) is 305 cm³/mol. The summed E-state index contributed by atoms with van der Waals surface area (Å²) in [6, 6.07) is 42.6. The second-order valence-corrected chi connectivity index (χ2v) is 32.4. The Balaban J connectivity index is 0.000000238. The summed E-state index contributed by atoms with van der Waals surface area (Å²) >= 11 is 0. The molecule has 5 aromatic carbocycles. The molecule has 9 rings (SSSR count). The van der Waals surface area contributed by atoms with E-state index < -0.39 is 41.6 Å². The first-order valence-corrected chi connectivity index (χ1v) is 31.5. The molecule has 72 heavy (non-hydrogen) atoms. The van der Waals surface area contributed by atoms with E-state index in [-0.39, 0.29) is 54.7 Å². The summed E-state index contributed by atoms with van der Waals surface area (Å²) in [4.78, 5) is 13.6. The van der Waals surface area contributed by atoms with Gasteiger partial charge in [-0.15, -0.1) is 42.0 Å². The van der Waals surface area contributed by atoms with Crippen LogP contribution in [0.4, 0.5) is 4.39 Å². The van der Waals surface area contributed by atoms with E-state index >= 15 is 0 Å². The van der Waals surface area contributed by atoms with Gasteiger partial charge in [-0.05, 0) is 111 Å². The number of pyridine rings is 3. The fourth-order valence-corrected chi connectivity index (χ4v) is 11.6. The van der Waals surface area contributed by atoms with Crippen LogP contribution in [0.3, 0.4) is 0 Å². The van der Waals surface area contributed by atoms with Crippen molar-refractivity contribution in [3.05, 3.63) is 174 Å². The van der Waals surface area contributed by atoms with Gasteiger partial charge in [0.15, 0.2) is 0 Å². The number of nitrogens with zero attached hydrogens (tertiary/aromatic N) is 3. The molecular formula is C64H70FIrN3OSi2-2. The molecule has 0 atom stereocenters. The van der Waals surface area contributed by atoms with Crippen LogP contribution in [-0.4, -0.2) is 31.1 Å². The zero-order valence-corrected chi connectivity index (χ0v) is 48.1. The van der Waals surface area contributed by atoms with Crippen LogP contribution in [-0.2, 0) is 26.5 Å². The van der Waals surface area contributed by atoms with Crippen LogP contribution in [0, 0.1) is 37.1 Å². The molecule has 373 valence electrons. The van der Waals surface area contributed by atoms with Gasteiger partial charge in [0.1, 0.15) is 0 Å². The predicted octanol–water partition coefficient (Wildman–Crippen LogP) is 17.1. The minimum atomic E-state index is -2.41. The monoisotopic (exact) mass is 1170 g/mol. The summed E-state index contributed by atoms with van der Waals surface area (Å²) in [5.74, 6) is -0.120. The molecule has 0 fully saturated rings. The van der Waals surface area contributed by atoms with Gasteiger partial charge in [0.25, 0.3) is 0 Å². The molecule has 0 N–H and O–H groups in total. The molecule has 0 saturated heterocycles. The van der Waals surface area contributed by atoms with Crippen molar-refractivity contribution in [2.75, 3.05) is 0 Å². The zero-order valence-electron chi connectivity index (χ0n) is 51.7. The van der Waals surface area contributed by atoms with Gasteiger partial charge in [0, 0.05) is 60.4 Å². The number of furan rings is 1. The van der Waals surface area contributed by atoms with E-state index in [0.717, 1.165) is 44.0 Å². The first kappa shape index (κ1) is 43.9. The van der Waals surface area contributed by atoms with Gasteiger partial charge in [0.2, 0.25) is 5.71 Å². The third-order valence-electron chi connectivity index (χ3n) is 12.7. The summed E-state index contributed by atoms with van der Waals surface area (Å²) in [7, 11) is -3.29. The molecule has 0 aliphatic rings. The Labute approximate surface area is 455 Å². The summed E-state index contributed by atoms with van der Waals surface area (Å²) in [6.45, 7) is 23.0. The Hall–Kier alpha value is -5.64. The van der Waals surface area contributed by atoms with Crippen molar-refractivity contribution in [2.24, 2.45) is 5.41 Å². The Kier molecular flexibility index (Phi) is 13.1. The van der Waals surface area contributed by atoms with Crippen molar-refractivity contribution in [3.8, 4) is 55.9 Å². The van der Waals surface area contributed by atoms with E-state index in [1.807, 2.05) is 75.5 Å². The number of aryl methyl sites for hydroxylation is 2. The fourth-order valence-electron chi connectivity index (χ4n) is 9.02. The van der Waals surface area contributed by atoms with Crippen molar-refractivity contribution in [1.82, 2.24) is 15.0 Å². The van der Waals surface area contributed by atoms with E-state index in [4.69, 9.17) is 20.4 Å². The van der Waals surface area contributed by atoms with E-state index in [2.05, 4.69) is 125 Å². The van der Waals surface area contributed by atoms with Crippen LogP contribution in [0.5, 0.6) is 0 Å². The summed E-state index contributed by atoms with van der Waals surface area (Å²) in [5.41, 5.74) is 10.3. The smallest absolute Gasteiger partial charge is 0.216 e. The number of aromatic nitrogens is 3. The molecule has 4 heterocycles. The van der Waals surface area contributed by atoms with Crippen LogP contribution in [0.15, 0.2) is 132 Å². The van der Waals surface area contributed by atoms with E-state index in [1.54, 1.807) is 18.2 Å². The largest absolute Gasteiger partial charge is 0.486 e. The molecule has 0 aliphatic heterocycles. The molecule has 0 spiro atoms. The van der Waals surface area contributed by atoms with Crippen molar-refractivity contribution in [2.45, 2.75) is 120 Å². The Morgan fingerprint density at radius 2 is 1.38 bits per heavy atom. The molecule has 0 amide bonds.